The van der Waals surface area contributed by atoms with Crippen molar-refractivity contribution < 1.29 is 87.4 Å². The molecule has 0 amide bonds. The maximum Gasteiger partial charge on any atom is 1.00 e. The molecule has 4 aromatic rings. The minimum Gasteiger partial charge on any atom is -0.790 e. The van der Waals surface area contributed by atoms with Crippen molar-refractivity contribution in [2.75, 3.05) is 0 Å². The van der Waals surface area contributed by atoms with E-state index in [-0.39, 0.29) is 75.1 Å². The second-order valence-corrected chi connectivity index (χ2v) is 8.65. The van der Waals surface area contributed by atoms with Gasteiger partial charge in [0.1, 0.15) is 18.3 Å². The normalized spacial score (nSPS) is 13.1. The summed E-state index contributed by atoms with van der Waals surface area (Å²) in [6, 6.07) is 18.4. The van der Waals surface area contributed by atoms with Crippen molar-refractivity contribution in [1.29, 1.82) is 0 Å². The fraction of sp³-hybridized carbons (Fsp3) is 0.227. The van der Waals surface area contributed by atoms with Gasteiger partial charge in [0.25, 0.3) is 0 Å². The van der Waals surface area contributed by atoms with E-state index < -0.39 is 19.3 Å². The number of rotatable bonds is 8. The molecule has 2 heterocycles. The molecule has 0 aliphatic carbocycles. The summed E-state index contributed by atoms with van der Waals surface area (Å²) < 4.78 is 20.5. The molecular weight excluding hydrogens is 513 g/mol. The summed E-state index contributed by atoms with van der Waals surface area (Å²) >= 11 is 0. The monoisotopic (exact) mass is 537 g/mol. The van der Waals surface area contributed by atoms with Crippen LogP contribution in [0, 0.1) is 0 Å². The second kappa shape index (κ2) is 14.6. The maximum absolute atomic E-state index is 11.9. The van der Waals surface area contributed by atoms with Crippen molar-refractivity contribution in [2.45, 2.75) is 25.0 Å². The Morgan fingerprint density at radius 2 is 1.64 bits per heavy atom. The molecule has 0 radical (unpaired) electrons. The maximum atomic E-state index is 11.9. The number of halogens is 2. The number of phosphoric acid groups is 1. The number of nitrogens with zero attached hydrogens (tertiary/aromatic N) is 5. The van der Waals surface area contributed by atoms with Crippen LogP contribution < -0.4 is 68.9 Å². The predicted molar refractivity (Wildman–Crippen MR) is 119 cm³/mol. The van der Waals surface area contributed by atoms with Crippen LogP contribution in [0.3, 0.4) is 0 Å². The number of phosphoric ester groups is 1. The van der Waals surface area contributed by atoms with Gasteiger partial charge >= 0.3 is 59.1 Å². The zero-order chi connectivity index (χ0) is 22.8. The third-order valence-corrected chi connectivity index (χ3v) is 6.18. The van der Waals surface area contributed by atoms with E-state index in [2.05, 4.69) is 15.2 Å². The van der Waals surface area contributed by atoms with E-state index in [4.69, 9.17) is 4.52 Å². The molecule has 0 spiro atoms. The van der Waals surface area contributed by atoms with E-state index in [1.54, 1.807) is 35.1 Å². The first-order chi connectivity index (χ1) is 15.3. The van der Waals surface area contributed by atoms with Crippen molar-refractivity contribution in [3.63, 3.8) is 0 Å². The first-order valence-corrected chi connectivity index (χ1v) is 11.4. The summed E-state index contributed by atoms with van der Waals surface area (Å²) in [5, 5.41) is 8.30. The molecule has 0 saturated heterocycles. The van der Waals surface area contributed by atoms with E-state index in [0.717, 1.165) is 16.8 Å². The number of hydrogen-bond acceptors (Lipinski definition) is 7. The average Bonchev–Trinajstić information content (AvgIpc) is 3.44. The molecule has 0 N–H and O–H groups in total. The fourth-order valence-corrected chi connectivity index (χ4v) is 4.70. The quantitative estimate of drug-likeness (QED) is 0.169. The largest absolute Gasteiger partial charge is 1.00 e. The second-order valence-electron chi connectivity index (χ2n) is 7.57. The fourth-order valence-electron chi connectivity index (χ4n) is 3.98. The van der Waals surface area contributed by atoms with Crippen LogP contribution in [0.1, 0.15) is 24.0 Å². The third kappa shape index (κ3) is 7.88. The molecule has 0 saturated carbocycles. The molecule has 2 atom stereocenters. The zero-order valence-electron chi connectivity index (χ0n) is 20.4. The molecule has 0 aliphatic rings. The van der Waals surface area contributed by atoms with Crippen LogP contribution in [-0.4, -0.2) is 24.5 Å². The minimum atomic E-state index is -5.37. The van der Waals surface area contributed by atoms with Crippen LogP contribution in [0.25, 0.3) is 11.3 Å². The van der Waals surface area contributed by atoms with Crippen molar-refractivity contribution >= 4 is 7.82 Å². The molecule has 2 aromatic carbocycles. The Labute approximate surface area is 251 Å². The van der Waals surface area contributed by atoms with Gasteiger partial charge < -0.3 is 18.9 Å². The van der Waals surface area contributed by atoms with Crippen LogP contribution in [-0.2, 0) is 28.3 Å². The zero-order valence-corrected chi connectivity index (χ0v) is 25.3. The molecule has 2 aromatic heterocycles. The summed E-state index contributed by atoms with van der Waals surface area (Å²) in [4.78, 5) is 27.8. The van der Waals surface area contributed by atoms with Crippen LogP contribution in [0.5, 0.6) is 0 Å². The smallest absolute Gasteiger partial charge is 0.790 e. The Morgan fingerprint density at radius 3 is 2.14 bits per heavy atom. The van der Waals surface area contributed by atoms with Gasteiger partial charge in [0.15, 0.2) is 0 Å². The van der Waals surface area contributed by atoms with Gasteiger partial charge in [0.05, 0.1) is 20.1 Å². The predicted octanol–water partition coefficient (Wildman–Crippen LogP) is -3.46. The van der Waals surface area contributed by atoms with Gasteiger partial charge in [-0.15, -0.1) is 0 Å². The molecule has 36 heavy (non-hydrogen) atoms. The Bertz CT molecular complexity index is 1230. The first-order valence-electron chi connectivity index (χ1n) is 9.97. The molecule has 14 heteroatoms. The molecule has 0 bridgehead atoms. The summed E-state index contributed by atoms with van der Waals surface area (Å²) in [5.41, 5.74) is 1.73. The number of aromatic nitrogens is 5. The minimum absolute atomic E-state index is 0. The molecule has 4 rings (SSSR count). The number of benzene rings is 2. The molecular formula is C22H24F2N5Na2O4P. The Balaban J connectivity index is 0.00000306. The van der Waals surface area contributed by atoms with Gasteiger partial charge in [-0.1, -0.05) is 61.5 Å². The molecule has 0 fully saturated rings. The van der Waals surface area contributed by atoms with Crippen LogP contribution >= 0.6 is 7.82 Å². The van der Waals surface area contributed by atoms with Gasteiger partial charge in [0, 0.05) is 19.2 Å². The van der Waals surface area contributed by atoms with Crippen molar-refractivity contribution in [1.82, 2.24) is 24.5 Å². The Morgan fingerprint density at radius 1 is 1.00 bits per heavy atom. The summed E-state index contributed by atoms with van der Waals surface area (Å²) in [6.07, 6.45) is 4.52. The van der Waals surface area contributed by atoms with Gasteiger partial charge in [-0.2, -0.15) is 10.2 Å². The van der Waals surface area contributed by atoms with E-state index in [0.29, 0.717) is 5.56 Å². The van der Waals surface area contributed by atoms with E-state index in [1.807, 2.05) is 50.4 Å². The summed E-state index contributed by atoms with van der Waals surface area (Å²) in [7, 11) is -3.51. The van der Waals surface area contributed by atoms with Crippen molar-refractivity contribution in [3.8, 4) is 11.3 Å². The first kappa shape index (κ1) is 34.8. The third-order valence-electron chi connectivity index (χ3n) is 5.63. The van der Waals surface area contributed by atoms with E-state index >= 15 is 0 Å². The van der Waals surface area contributed by atoms with Gasteiger partial charge in [-0.05, 0) is 22.8 Å². The van der Waals surface area contributed by atoms with Gasteiger partial charge in [0.2, 0.25) is 0 Å². The number of hydrogen-bond donors (Lipinski definition) is 0. The van der Waals surface area contributed by atoms with Gasteiger partial charge in [-0.3, -0.25) is 14.1 Å². The summed E-state index contributed by atoms with van der Waals surface area (Å²) in [5.74, 6) is -0.522. The summed E-state index contributed by atoms with van der Waals surface area (Å²) in [6.45, 7) is 1.81. The van der Waals surface area contributed by atoms with Crippen LogP contribution in [0.4, 0.5) is 9.41 Å². The molecule has 9 nitrogen and oxygen atoms in total. The van der Waals surface area contributed by atoms with Crippen LogP contribution in [0.2, 0.25) is 0 Å². The van der Waals surface area contributed by atoms with Crippen molar-refractivity contribution in [2.24, 2.45) is 7.05 Å². The molecule has 0 unspecified atom stereocenters. The molecule has 182 valence electrons. The Hall–Kier alpha value is -1.24. The molecule has 0 aliphatic heterocycles. The standard InChI is InChI=1S/C22H24N5O4P.2FH.2Na/c1-17(18-8-10-19(11-9-18)21-12-13-24-26(21)2)22(31-32(28,29)30,14-27-16-23-15-25-27)20-6-4-3-5-7-20;;;;/h3-13,15-17H,14H2,1-2H3,(H2,28,29,30);2*1H;;/q;;;2*+1/p-2/t17-,22+;;;;/m0..../s1. The van der Waals surface area contributed by atoms with E-state index in [9.17, 15) is 14.4 Å². The van der Waals surface area contributed by atoms with Gasteiger partial charge in [-0.25, -0.2) is 9.67 Å². The SMILES string of the molecule is C[C@@H](c1ccc(-c2ccnn2C)cc1)[C@@](Cn1cncn1)(OP(=O)([O-])[O-])c1ccccc1.F.F.[Na+].[Na+]. The van der Waals surface area contributed by atoms with Crippen LogP contribution in [0.15, 0.2) is 79.5 Å². The Kier molecular flexibility index (Phi) is 14.1. The van der Waals surface area contributed by atoms with E-state index in [1.165, 1.54) is 17.3 Å². The average molecular weight is 537 g/mol. The topological polar surface area (TPSA) is 121 Å². The number of aryl methyl sites for hydroxylation is 1. The van der Waals surface area contributed by atoms with Crippen molar-refractivity contribution in [3.05, 3.63) is 90.6 Å².